The van der Waals surface area contributed by atoms with Crippen molar-refractivity contribution >= 4 is 0 Å². The summed E-state index contributed by atoms with van der Waals surface area (Å²) in [5, 5.41) is 19.2. The Kier molecular flexibility index (Phi) is 4.32. The standard InChI is InChI=1S/C21H26N4O/c1-16-8-7-9-17(14-16)15-24(2)21(12-5-6-13-22-21)25-20(26)18-10-3-4-11-19(18)23-25/h5-9,12-14,22,26H,3-4,10-11,15H2,1-2H3. The van der Waals surface area contributed by atoms with Gasteiger partial charge in [0.2, 0.25) is 11.7 Å². The molecule has 0 saturated carbocycles. The third-order valence-electron chi connectivity index (χ3n) is 5.37. The van der Waals surface area contributed by atoms with Crippen molar-refractivity contribution in [2.24, 2.45) is 0 Å². The van der Waals surface area contributed by atoms with Crippen LogP contribution < -0.4 is 5.32 Å². The fraction of sp³-hybridized carbons (Fsp3) is 0.381. The lowest BCUT2D eigenvalue weighted by atomic mass is 9.98. The summed E-state index contributed by atoms with van der Waals surface area (Å²) in [6.45, 7) is 2.84. The molecule has 5 nitrogen and oxygen atoms in total. The molecule has 2 aliphatic rings. The third kappa shape index (κ3) is 2.82. The summed E-state index contributed by atoms with van der Waals surface area (Å²) in [4.78, 5) is 2.18. The fourth-order valence-electron chi connectivity index (χ4n) is 3.97. The van der Waals surface area contributed by atoms with Gasteiger partial charge in [-0.15, -0.1) is 0 Å². The molecule has 1 unspecified atom stereocenters. The highest BCUT2D eigenvalue weighted by molar-refractivity contribution is 5.35. The minimum absolute atomic E-state index is 0.281. The van der Waals surface area contributed by atoms with E-state index in [2.05, 4.69) is 54.5 Å². The zero-order chi connectivity index (χ0) is 18.1. The van der Waals surface area contributed by atoms with Crippen LogP contribution in [0.15, 0.2) is 48.7 Å². The van der Waals surface area contributed by atoms with E-state index in [1.807, 2.05) is 18.4 Å². The third-order valence-corrected chi connectivity index (χ3v) is 5.37. The summed E-state index contributed by atoms with van der Waals surface area (Å²) >= 11 is 0. The van der Waals surface area contributed by atoms with E-state index >= 15 is 0 Å². The number of dihydropyridines is 1. The average molecular weight is 350 g/mol. The fourth-order valence-corrected chi connectivity index (χ4v) is 3.97. The predicted octanol–water partition coefficient (Wildman–Crippen LogP) is 3.19. The topological polar surface area (TPSA) is 53.3 Å². The first-order chi connectivity index (χ1) is 12.6. The minimum Gasteiger partial charge on any atom is -0.493 e. The van der Waals surface area contributed by atoms with Crippen molar-refractivity contribution in [2.45, 2.75) is 44.9 Å². The van der Waals surface area contributed by atoms with Crippen LogP contribution in [0.4, 0.5) is 0 Å². The van der Waals surface area contributed by atoms with Gasteiger partial charge in [0, 0.05) is 12.1 Å². The first-order valence-electron chi connectivity index (χ1n) is 9.29. The van der Waals surface area contributed by atoms with Gasteiger partial charge < -0.3 is 10.4 Å². The SMILES string of the molecule is Cc1cccc(CN(C)C2(n3nc4c(c3O)CCCC4)C=CC=CN2)c1. The molecule has 4 rings (SSSR count). The smallest absolute Gasteiger partial charge is 0.216 e. The van der Waals surface area contributed by atoms with Crippen LogP contribution in [0.5, 0.6) is 5.88 Å². The molecule has 0 saturated heterocycles. The maximum absolute atomic E-state index is 10.9. The highest BCUT2D eigenvalue weighted by Crippen LogP contribution is 2.35. The number of aromatic nitrogens is 2. The van der Waals surface area contributed by atoms with Crippen LogP contribution in [0.25, 0.3) is 0 Å². The Labute approximate surface area is 154 Å². The maximum atomic E-state index is 10.9. The van der Waals surface area contributed by atoms with Crippen LogP contribution in [-0.4, -0.2) is 26.8 Å². The van der Waals surface area contributed by atoms with Gasteiger partial charge in [0.25, 0.3) is 0 Å². The van der Waals surface area contributed by atoms with E-state index in [4.69, 9.17) is 5.10 Å². The second-order valence-corrected chi connectivity index (χ2v) is 7.30. The molecule has 2 aromatic rings. The number of nitrogens with zero attached hydrogens (tertiary/aromatic N) is 3. The summed E-state index contributed by atoms with van der Waals surface area (Å²) in [6.07, 6.45) is 12.0. The summed E-state index contributed by atoms with van der Waals surface area (Å²) in [5.41, 5.74) is 4.51. The molecule has 1 aromatic carbocycles. The van der Waals surface area contributed by atoms with E-state index in [-0.39, 0.29) is 5.88 Å². The van der Waals surface area contributed by atoms with Gasteiger partial charge in [0.1, 0.15) is 0 Å². The van der Waals surface area contributed by atoms with E-state index < -0.39 is 5.79 Å². The molecule has 136 valence electrons. The minimum atomic E-state index is -0.722. The van der Waals surface area contributed by atoms with Crippen molar-refractivity contribution in [3.63, 3.8) is 0 Å². The zero-order valence-corrected chi connectivity index (χ0v) is 15.4. The summed E-state index contributed by atoms with van der Waals surface area (Å²) in [6, 6.07) is 8.52. The Bertz CT molecular complexity index is 867. The molecule has 26 heavy (non-hydrogen) atoms. The molecular formula is C21H26N4O. The first kappa shape index (κ1) is 16.9. The van der Waals surface area contributed by atoms with Crippen molar-refractivity contribution in [1.29, 1.82) is 0 Å². The number of likely N-dealkylation sites (N-methyl/N-ethyl adjacent to an activating group) is 1. The zero-order valence-electron chi connectivity index (χ0n) is 15.4. The van der Waals surface area contributed by atoms with Gasteiger partial charge in [-0.05, 0) is 63.6 Å². The molecule has 0 amide bonds. The average Bonchev–Trinajstić information content (AvgIpc) is 3.00. The first-order valence-corrected chi connectivity index (χ1v) is 9.29. The van der Waals surface area contributed by atoms with Crippen LogP contribution in [0.1, 0.15) is 35.2 Å². The molecule has 5 heteroatoms. The molecule has 2 N–H and O–H groups in total. The predicted molar refractivity (Wildman–Crippen MR) is 103 cm³/mol. The van der Waals surface area contributed by atoms with Crippen LogP contribution in [0, 0.1) is 6.92 Å². The second-order valence-electron chi connectivity index (χ2n) is 7.30. The molecule has 1 aliphatic heterocycles. The summed E-state index contributed by atoms with van der Waals surface area (Å²) < 4.78 is 1.75. The quantitative estimate of drug-likeness (QED) is 0.889. The van der Waals surface area contributed by atoms with Gasteiger partial charge in [-0.25, -0.2) is 0 Å². The Morgan fingerprint density at radius 2 is 2.12 bits per heavy atom. The summed E-state index contributed by atoms with van der Waals surface area (Å²) in [7, 11) is 2.05. The summed E-state index contributed by atoms with van der Waals surface area (Å²) in [5.74, 6) is -0.442. The normalized spacial score (nSPS) is 21.7. The Hall–Kier alpha value is -2.53. The number of fused-ring (bicyclic) bond motifs is 1. The molecular weight excluding hydrogens is 324 g/mol. The lowest BCUT2D eigenvalue weighted by Gasteiger charge is -2.41. The van der Waals surface area contributed by atoms with Gasteiger partial charge in [-0.2, -0.15) is 9.78 Å². The van der Waals surface area contributed by atoms with Crippen molar-refractivity contribution in [2.75, 3.05) is 7.05 Å². The highest BCUT2D eigenvalue weighted by atomic mass is 16.3. The number of hydrogen-bond acceptors (Lipinski definition) is 4. The number of hydrogen-bond donors (Lipinski definition) is 2. The van der Waals surface area contributed by atoms with E-state index in [1.165, 1.54) is 11.1 Å². The van der Waals surface area contributed by atoms with Gasteiger partial charge in [0.15, 0.2) is 0 Å². The van der Waals surface area contributed by atoms with Crippen molar-refractivity contribution in [3.8, 4) is 5.88 Å². The van der Waals surface area contributed by atoms with E-state index in [1.54, 1.807) is 4.68 Å². The van der Waals surface area contributed by atoms with Gasteiger partial charge >= 0.3 is 0 Å². The number of aryl methyl sites for hydroxylation is 2. The number of aromatic hydroxyl groups is 1. The van der Waals surface area contributed by atoms with E-state index in [0.717, 1.165) is 43.5 Å². The second kappa shape index (κ2) is 6.65. The monoisotopic (exact) mass is 350 g/mol. The van der Waals surface area contributed by atoms with Crippen molar-refractivity contribution in [3.05, 3.63) is 71.1 Å². The van der Waals surface area contributed by atoms with Crippen LogP contribution in [0.3, 0.4) is 0 Å². The molecule has 0 bridgehead atoms. The largest absolute Gasteiger partial charge is 0.493 e. The van der Waals surface area contributed by atoms with Crippen LogP contribution in [0.2, 0.25) is 0 Å². The Balaban J connectivity index is 1.73. The number of allylic oxidation sites excluding steroid dienone is 2. The molecule has 0 radical (unpaired) electrons. The lowest BCUT2D eigenvalue weighted by molar-refractivity contribution is 0.0393. The van der Waals surface area contributed by atoms with E-state index in [0.29, 0.717) is 0 Å². The maximum Gasteiger partial charge on any atom is 0.216 e. The van der Waals surface area contributed by atoms with Gasteiger partial charge in [0.05, 0.1) is 5.69 Å². The molecule has 0 fully saturated rings. The highest BCUT2D eigenvalue weighted by Gasteiger charge is 2.39. The molecule has 1 aliphatic carbocycles. The molecule has 2 heterocycles. The Morgan fingerprint density at radius 3 is 2.85 bits per heavy atom. The van der Waals surface area contributed by atoms with E-state index in [9.17, 15) is 5.11 Å². The van der Waals surface area contributed by atoms with Crippen molar-refractivity contribution < 1.29 is 5.11 Å². The molecule has 1 aromatic heterocycles. The number of benzene rings is 1. The van der Waals surface area contributed by atoms with Gasteiger partial charge in [-0.1, -0.05) is 35.9 Å². The Morgan fingerprint density at radius 1 is 1.27 bits per heavy atom. The molecule has 0 spiro atoms. The number of nitrogens with one attached hydrogen (secondary N) is 1. The van der Waals surface area contributed by atoms with Crippen molar-refractivity contribution in [1.82, 2.24) is 20.0 Å². The van der Waals surface area contributed by atoms with Crippen LogP contribution >= 0.6 is 0 Å². The van der Waals surface area contributed by atoms with Crippen LogP contribution in [-0.2, 0) is 25.2 Å². The number of rotatable bonds is 4. The lowest BCUT2D eigenvalue weighted by Crippen LogP contribution is -2.56. The van der Waals surface area contributed by atoms with Gasteiger partial charge in [-0.3, -0.25) is 4.90 Å². The molecule has 1 atom stereocenters.